The van der Waals surface area contributed by atoms with Crippen molar-refractivity contribution in [2.45, 2.75) is 18.7 Å². The summed E-state index contributed by atoms with van der Waals surface area (Å²) in [5, 5.41) is 9.35. The molecular formula is C29H37ClN6O4S. The third kappa shape index (κ3) is 7.53. The fraction of sp³-hybridized carbons (Fsp3) is 0.414. The quantitative estimate of drug-likeness (QED) is 0.312. The van der Waals surface area contributed by atoms with Crippen molar-refractivity contribution in [2.75, 3.05) is 70.9 Å². The SMILES string of the molecule is CCN(CC)CCN(CC(=O)N1CCN(c2ccc(-c3ccccc3Cl)nn2)CC1)S(=O)(=O)c1ccc(OC)cc1. The fourth-order valence-corrected chi connectivity index (χ4v) is 6.33. The third-order valence-electron chi connectivity index (χ3n) is 7.33. The Labute approximate surface area is 247 Å². The summed E-state index contributed by atoms with van der Waals surface area (Å²) in [7, 11) is -2.36. The standard InChI is InChI=1S/C29H37ClN6O4S/c1-4-33(5-2)16-21-36(41(38,39)24-12-10-23(40-3)11-13-24)22-29(37)35-19-17-34(18-20-35)28-15-14-27(31-32-28)25-8-6-7-9-26(25)30/h6-15H,4-5,16-22H2,1-3H3. The lowest BCUT2D eigenvalue weighted by molar-refractivity contribution is -0.131. The smallest absolute Gasteiger partial charge is 0.243 e. The number of amides is 1. The summed E-state index contributed by atoms with van der Waals surface area (Å²) in [6.45, 7) is 8.24. The lowest BCUT2D eigenvalue weighted by Gasteiger charge is -2.36. The van der Waals surface area contributed by atoms with Crippen LogP contribution in [0.2, 0.25) is 5.02 Å². The van der Waals surface area contributed by atoms with Gasteiger partial charge >= 0.3 is 0 Å². The van der Waals surface area contributed by atoms with Gasteiger partial charge in [0.05, 0.1) is 29.3 Å². The number of carbonyl (C=O) groups is 1. The van der Waals surface area contributed by atoms with Gasteiger partial charge in [0.1, 0.15) is 5.75 Å². The van der Waals surface area contributed by atoms with Crippen LogP contribution in [0.25, 0.3) is 11.3 Å². The van der Waals surface area contributed by atoms with Gasteiger partial charge < -0.3 is 19.4 Å². The minimum Gasteiger partial charge on any atom is -0.497 e. The molecule has 2 heterocycles. The number of carbonyl (C=O) groups excluding carboxylic acids is 1. The van der Waals surface area contributed by atoms with Crippen LogP contribution in [0.1, 0.15) is 13.8 Å². The van der Waals surface area contributed by atoms with E-state index < -0.39 is 10.0 Å². The maximum Gasteiger partial charge on any atom is 0.243 e. The van der Waals surface area contributed by atoms with Crippen molar-refractivity contribution >= 4 is 33.3 Å². The average molecular weight is 601 g/mol. The Bertz CT molecular complexity index is 1390. The lowest BCUT2D eigenvalue weighted by atomic mass is 10.1. The molecule has 0 bridgehead atoms. The van der Waals surface area contributed by atoms with Crippen LogP contribution >= 0.6 is 11.6 Å². The van der Waals surface area contributed by atoms with E-state index in [1.54, 1.807) is 17.0 Å². The molecule has 41 heavy (non-hydrogen) atoms. The van der Waals surface area contributed by atoms with E-state index in [1.165, 1.54) is 23.5 Å². The highest BCUT2D eigenvalue weighted by molar-refractivity contribution is 7.89. The second-order valence-corrected chi connectivity index (χ2v) is 12.0. The second-order valence-electron chi connectivity index (χ2n) is 9.67. The van der Waals surface area contributed by atoms with Crippen LogP contribution in [0, 0.1) is 0 Å². The topological polar surface area (TPSA) is 99.2 Å². The molecule has 0 spiro atoms. The Balaban J connectivity index is 1.41. The molecule has 12 heteroatoms. The van der Waals surface area contributed by atoms with E-state index in [9.17, 15) is 13.2 Å². The van der Waals surface area contributed by atoms with Gasteiger partial charge in [-0.05, 0) is 55.6 Å². The van der Waals surface area contributed by atoms with Gasteiger partial charge in [-0.1, -0.05) is 43.6 Å². The van der Waals surface area contributed by atoms with Gasteiger partial charge in [-0.3, -0.25) is 4.79 Å². The van der Waals surface area contributed by atoms with Crippen molar-refractivity contribution in [3.63, 3.8) is 0 Å². The van der Waals surface area contributed by atoms with Crippen molar-refractivity contribution in [3.05, 3.63) is 65.7 Å². The first-order valence-electron chi connectivity index (χ1n) is 13.7. The first-order valence-corrected chi connectivity index (χ1v) is 15.6. The molecule has 4 rings (SSSR count). The van der Waals surface area contributed by atoms with Gasteiger partial charge in [0, 0.05) is 44.8 Å². The first-order chi connectivity index (χ1) is 19.8. The zero-order chi connectivity index (χ0) is 29.4. The Hall–Kier alpha value is -3.25. The highest BCUT2D eigenvalue weighted by atomic mass is 35.5. The predicted octanol–water partition coefficient (Wildman–Crippen LogP) is 3.49. The van der Waals surface area contributed by atoms with Gasteiger partial charge in [0.15, 0.2) is 5.82 Å². The van der Waals surface area contributed by atoms with E-state index >= 15 is 0 Å². The number of piperazine rings is 1. The number of benzene rings is 2. The monoisotopic (exact) mass is 600 g/mol. The van der Waals surface area contributed by atoms with Crippen molar-refractivity contribution in [1.29, 1.82) is 0 Å². The van der Waals surface area contributed by atoms with Gasteiger partial charge in [0.2, 0.25) is 15.9 Å². The molecule has 1 amide bonds. The van der Waals surface area contributed by atoms with Crippen LogP contribution in [-0.2, 0) is 14.8 Å². The number of halogens is 1. The summed E-state index contributed by atoms with van der Waals surface area (Å²) in [5.41, 5.74) is 1.51. The van der Waals surface area contributed by atoms with Crippen molar-refractivity contribution in [1.82, 2.24) is 24.3 Å². The maximum atomic E-state index is 13.6. The molecule has 0 N–H and O–H groups in total. The van der Waals surface area contributed by atoms with Gasteiger partial charge in [0.25, 0.3) is 0 Å². The molecule has 0 unspecified atom stereocenters. The molecule has 220 valence electrons. The molecule has 1 aliphatic heterocycles. The molecular weight excluding hydrogens is 564 g/mol. The normalized spacial score (nSPS) is 14.1. The van der Waals surface area contributed by atoms with E-state index in [4.69, 9.17) is 16.3 Å². The van der Waals surface area contributed by atoms with E-state index in [0.29, 0.717) is 49.2 Å². The first kappa shape index (κ1) is 30.7. The van der Waals surface area contributed by atoms with Crippen molar-refractivity contribution in [3.8, 4) is 17.0 Å². The molecule has 0 saturated carbocycles. The van der Waals surface area contributed by atoms with E-state index in [1.807, 2.05) is 50.2 Å². The average Bonchev–Trinajstić information content (AvgIpc) is 3.01. The summed E-state index contributed by atoms with van der Waals surface area (Å²) in [6, 6.07) is 17.5. The number of hydrogen-bond donors (Lipinski definition) is 0. The number of aromatic nitrogens is 2. The van der Waals surface area contributed by atoms with Crippen LogP contribution in [0.5, 0.6) is 5.75 Å². The van der Waals surface area contributed by atoms with Crippen molar-refractivity contribution < 1.29 is 17.9 Å². The molecule has 0 aliphatic carbocycles. The van der Waals surface area contributed by atoms with Crippen LogP contribution in [0.15, 0.2) is 65.6 Å². The third-order valence-corrected chi connectivity index (χ3v) is 9.51. The molecule has 1 saturated heterocycles. The summed E-state index contributed by atoms with van der Waals surface area (Å²) in [5.74, 6) is 1.06. The highest BCUT2D eigenvalue weighted by Gasteiger charge is 2.30. The Morgan fingerprint density at radius 3 is 2.20 bits per heavy atom. The zero-order valence-electron chi connectivity index (χ0n) is 23.7. The van der Waals surface area contributed by atoms with Crippen LogP contribution in [0.3, 0.4) is 0 Å². The summed E-state index contributed by atoms with van der Waals surface area (Å²) >= 11 is 6.29. The second kappa shape index (κ2) is 14.1. The van der Waals surface area contributed by atoms with E-state index in [0.717, 1.165) is 24.5 Å². The molecule has 0 radical (unpaired) electrons. The molecule has 1 aromatic heterocycles. The van der Waals surface area contributed by atoms with Gasteiger partial charge in [-0.15, -0.1) is 10.2 Å². The van der Waals surface area contributed by atoms with E-state index in [-0.39, 0.29) is 23.9 Å². The number of methoxy groups -OCH3 is 1. The number of likely N-dealkylation sites (N-methyl/N-ethyl adjacent to an activating group) is 1. The lowest BCUT2D eigenvalue weighted by Crippen LogP contribution is -2.52. The Morgan fingerprint density at radius 2 is 1.61 bits per heavy atom. The van der Waals surface area contributed by atoms with Crippen LogP contribution in [0.4, 0.5) is 5.82 Å². The molecule has 1 fully saturated rings. The van der Waals surface area contributed by atoms with E-state index in [2.05, 4.69) is 20.0 Å². The number of hydrogen-bond acceptors (Lipinski definition) is 8. The number of rotatable bonds is 12. The minimum absolute atomic E-state index is 0.134. The molecule has 0 atom stereocenters. The predicted molar refractivity (Wildman–Crippen MR) is 161 cm³/mol. The summed E-state index contributed by atoms with van der Waals surface area (Å²) in [6.07, 6.45) is 0. The fourth-order valence-electron chi connectivity index (χ4n) is 4.72. The number of nitrogens with zero attached hydrogens (tertiary/aromatic N) is 6. The Kier molecular flexibility index (Phi) is 10.5. The summed E-state index contributed by atoms with van der Waals surface area (Å²) < 4.78 is 33.6. The zero-order valence-corrected chi connectivity index (χ0v) is 25.3. The molecule has 1 aliphatic rings. The molecule has 3 aromatic rings. The molecule has 10 nitrogen and oxygen atoms in total. The van der Waals surface area contributed by atoms with Gasteiger partial charge in [-0.2, -0.15) is 4.31 Å². The molecule has 2 aromatic carbocycles. The number of ether oxygens (including phenoxy) is 1. The number of anilines is 1. The minimum atomic E-state index is -3.89. The Morgan fingerprint density at radius 1 is 0.927 bits per heavy atom. The highest BCUT2D eigenvalue weighted by Crippen LogP contribution is 2.26. The van der Waals surface area contributed by atoms with Gasteiger partial charge in [-0.25, -0.2) is 8.42 Å². The maximum absolute atomic E-state index is 13.6. The van der Waals surface area contributed by atoms with Crippen LogP contribution in [-0.4, -0.2) is 105 Å². The van der Waals surface area contributed by atoms with Crippen LogP contribution < -0.4 is 9.64 Å². The summed E-state index contributed by atoms with van der Waals surface area (Å²) in [4.78, 5) is 19.4. The largest absolute Gasteiger partial charge is 0.497 e. The van der Waals surface area contributed by atoms with Crippen molar-refractivity contribution in [2.24, 2.45) is 0 Å². The number of sulfonamides is 1.